The lowest BCUT2D eigenvalue weighted by Crippen LogP contribution is -2.42. The minimum absolute atomic E-state index is 0.714. The number of nitrogens with one attached hydrogen (secondary N) is 1. The SMILES string of the molecule is Nc1nc(C2CC2)c(CN2CCNCC2)s1. The van der Waals surface area contributed by atoms with Crippen molar-refractivity contribution in [2.24, 2.45) is 0 Å². The highest BCUT2D eigenvalue weighted by Gasteiger charge is 2.29. The lowest BCUT2D eigenvalue weighted by molar-refractivity contribution is 0.234. The molecule has 1 saturated carbocycles. The fourth-order valence-electron chi connectivity index (χ4n) is 2.24. The van der Waals surface area contributed by atoms with E-state index in [1.54, 1.807) is 11.3 Å². The number of nitrogens with two attached hydrogens (primary N) is 1. The van der Waals surface area contributed by atoms with Gasteiger partial charge in [-0.05, 0) is 12.8 Å². The van der Waals surface area contributed by atoms with E-state index in [9.17, 15) is 0 Å². The average molecular weight is 238 g/mol. The quantitative estimate of drug-likeness (QED) is 0.825. The minimum atomic E-state index is 0.714. The van der Waals surface area contributed by atoms with Gasteiger partial charge in [0.2, 0.25) is 0 Å². The molecule has 4 nitrogen and oxygen atoms in total. The van der Waals surface area contributed by atoms with E-state index < -0.39 is 0 Å². The van der Waals surface area contributed by atoms with E-state index >= 15 is 0 Å². The summed E-state index contributed by atoms with van der Waals surface area (Å²) in [6.07, 6.45) is 2.61. The van der Waals surface area contributed by atoms with Gasteiger partial charge in [-0.2, -0.15) is 0 Å². The van der Waals surface area contributed by atoms with Crippen molar-refractivity contribution in [2.75, 3.05) is 31.9 Å². The molecule has 0 atom stereocenters. The number of hydrogen-bond acceptors (Lipinski definition) is 5. The van der Waals surface area contributed by atoms with Crippen LogP contribution >= 0.6 is 11.3 Å². The van der Waals surface area contributed by atoms with Crippen LogP contribution in [0, 0.1) is 0 Å². The van der Waals surface area contributed by atoms with Gasteiger partial charge in [0.25, 0.3) is 0 Å². The van der Waals surface area contributed by atoms with E-state index in [0.29, 0.717) is 5.92 Å². The Morgan fingerprint density at radius 2 is 2.12 bits per heavy atom. The van der Waals surface area contributed by atoms with Gasteiger partial charge in [-0.3, -0.25) is 4.90 Å². The van der Waals surface area contributed by atoms with Crippen LogP contribution in [0.25, 0.3) is 0 Å². The summed E-state index contributed by atoms with van der Waals surface area (Å²) in [6.45, 7) is 5.53. The number of nitrogen functional groups attached to an aromatic ring is 1. The second kappa shape index (κ2) is 4.31. The minimum Gasteiger partial charge on any atom is -0.375 e. The Morgan fingerprint density at radius 3 is 2.81 bits per heavy atom. The number of thiazole rings is 1. The summed E-state index contributed by atoms with van der Waals surface area (Å²) in [6, 6.07) is 0. The molecule has 2 aliphatic rings. The van der Waals surface area contributed by atoms with Crippen molar-refractivity contribution in [3.8, 4) is 0 Å². The zero-order valence-corrected chi connectivity index (χ0v) is 10.2. The van der Waals surface area contributed by atoms with Crippen LogP contribution in [0.1, 0.15) is 29.3 Å². The Hall–Kier alpha value is -0.650. The summed E-state index contributed by atoms with van der Waals surface area (Å²) in [4.78, 5) is 8.39. The van der Waals surface area contributed by atoms with Crippen LogP contribution in [0.3, 0.4) is 0 Å². The summed E-state index contributed by atoms with van der Waals surface area (Å²) in [5.74, 6) is 0.714. The average Bonchev–Trinajstić information content (AvgIpc) is 3.06. The van der Waals surface area contributed by atoms with E-state index in [1.807, 2.05) is 0 Å². The summed E-state index contributed by atoms with van der Waals surface area (Å²) in [7, 11) is 0. The number of aromatic nitrogens is 1. The molecule has 1 aromatic rings. The van der Waals surface area contributed by atoms with E-state index in [4.69, 9.17) is 5.73 Å². The van der Waals surface area contributed by atoms with Gasteiger partial charge in [0.1, 0.15) is 0 Å². The van der Waals surface area contributed by atoms with Crippen molar-refractivity contribution in [1.29, 1.82) is 0 Å². The molecule has 0 amide bonds. The fourth-order valence-corrected chi connectivity index (χ4v) is 3.20. The lowest BCUT2D eigenvalue weighted by atomic mass is 10.2. The first-order valence-corrected chi connectivity index (χ1v) is 6.83. The van der Waals surface area contributed by atoms with Gasteiger partial charge in [-0.15, -0.1) is 11.3 Å². The van der Waals surface area contributed by atoms with Gasteiger partial charge in [0.05, 0.1) is 5.69 Å². The molecule has 1 aliphatic carbocycles. The highest BCUT2D eigenvalue weighted by molar-refractivity contribution is 7.15. The Balaban J connectivity index is 1.72. The molecule has 0 unspecified atom stereocenters. The van der Waals surface area contributed by atoms with Crippen LogP contribution in [-0.2, 0) is 6.54 Å². The molecule has 0 spiro atoms. The molecule has 2 fully saturated rings. The topological polar surface area (TPSA) is 54.2 Å². The van der Waals surface area contributed by atoms with Gasteiger partial charge in [0.15, 0.2) is 5.13 Å². The van der Waals surface area contributed by atoms with Crippen molar-refractivity contribution in [2.45, 2.75) is 25.3 Å². The van der Waals surface area contributed by atoms with Crippen molar-refractivity contribution in [1.82, 2.24) is 15.2 Å². The van der Waals surface area contributed by atoms with Crippen molar-refractivity contribution < 1.29 is 0 Å². The van der Waals surface area contributed by atoms with Crippen LogP contribution in [0.4, 0.5) is 5.13 Å². The van der Waals surface area contributed by atoms with Crippen molar-refractivity contribution >= 4 is 16.5 Å². The molecular formula is C11H18N4S. The zero-order chi connectivity index (χ0) is 11.0. The Labute approximate surface area is 99.8 Å². The van der Waals surface area contributed by atoms with E-state index in [1.165, 1.54) is 23.4 Å². The second-order valence-electron chi connectivity index (χ2n) is 4.66. The summed E-state index contributed by atoms with van der Waals surface area (Å²) < 4.78 is 0. The highest BCUT2D eigenvalue weighted by Crippen LogP contribution is 2.43. The van der Waals surface area contributed by atoms with Crippen LogP contribution in [0.2, 0.25) is 0 Å². The number of hydrogen-bond donors (Lipinski definition) is 2. The van der Waals surface area contributed by atoms with Crippen LogP contribution in [0.15, 0.2) is 0 Å². The maximum Gasteiger partial charge on any atom is 0.180 e. The Morgan fingerprint density at radius 1 is 1.38 bits per heavy atom. The predicted octanol–water partition coefficient (Wildman–Crippen LogP) is 1.01. The molecule has 3 rings (SSSR count). The summed E-state index contributed by atoms with van der Waals surface area (Å²) in [5, 5.41) is 4.12. The molecule has 0 bridgehead atoms. The Bertz CT molecular complexity index is 366. The molecule has 1 saturated heterocycles. The van der Waals surface area contributed by atoms with Crippen molar-refractivity contribution in [3.05, 3.63) is 10.6 Å². The monoisotopic (exact) mass is 238 g/mol. The number of rotatable bonds is 3. The van der Waals surface area contributed by atoms with E-state index in [0.717, 1.165) is 37.9 Å². The largest absolute Gasteiger partial charge is 0.375 e. The zero-order valence-electron chi connectivity index (χ0n) is 9.41. The molecule has 16 heavy (non-hydrogen) atoms. The third kappa shape index (κ3) is 2.21. The molecule has 0 aromatic carbocycles. The van der Waals surface area contributed by atoms with Gasteiger partial charge in [-0.25, -0.2) is 4.98 Å². The lowest BCUT2D eigenvalue weighted by Gasteiger charge is -2.26. The van der Waals surface area contributed by atoms with Crippen molar-refractivity contribution in [3.63, 3.8) is 0 Å². The van der Waals surface area contributed by atoms with Crippen LogP contribution in [0.5, 0.6) is 0 Å². The standard InChI is InChI=1S/C11H18N4S/c12-11-14-10(8-1-2-8)9(16-11)7-15-5-3-13-4-6-15/h8,13H,1-7H2,(H2,12,14). The number of nitrogens with zero attached hydrogens (tertiary/aromatic N) is 2. The fraction of sp³-hybridized carbons (Fsp3) is 0.727. The molecule has 3 N–H and O–H groups in total. The molecule has 5 heteroatoms. The summed E-state index contributed by atoms with van der Waals surface area (Å²) >= 11 is 1.68. The van der Waals surface area contributed by atoms with E-state index in [2.05, 4.69) is 15.2 Å². The molecule has 2 heterocycles. The van der Waals surface area contributed by atoms with Gasteiger partial charge >= 0.3 is 0 Å². The first-order chi connectivity index (χ1) is 7.83. The van der Waals surface area contributed by atoms with Gasteiger partial charge in [-0.1, -0.05) is 0 Å². The maximum atomic E-state index is 5.83. The second-order valence-corrected chi connectivity index (χ2v) is 5.78. The first kappa shape index (κ1) is 10.5. The maximum absolute atomic E-state index is 5.83. The first-order valence-electron chi connectivity index (χ1n) is 6.01. The molecular weight excluding hydrogens is 220 g/mol. The molecule has 0 radical (unpaired) electrons. The van der Waals surface area contributed by atoms with Gasteiger partial charge < -0.3 is 11.1 Å². The number of piperazine rings is 1. The Kier molecular flexibility index (Phi) is 2.83. The number of anilines is 1. The van der Waals surface area contributed by atoms with E-state index in [-0.39, 0.29) is 0 Å². The molecule has 88 valence electrons. The molecule has 1 aromatic heterocycles. The van der Waals surface area contributed by atoms with Crippen LogP contribution < -0.4 is 11.1 Å². The third-order valence-corrected chi connectivity index (χ3v) is 4.17. The molecule has 1 aliphatic heterocycles. The third-order valence-electron chi connectivity index (χ3n) is 3.28. The summed E-state index contributed by atoms with van der Waals surface area (Å²) in [5.41, 5.74) is 7.12. The van der Waals surface area contributed by atoms with Crippen LogP contribution in [-0.4, -0.2) is 36.1 Å². The predicted molar refractivity (Wildman–Crippen MR) is 66.6 cm³/mol. The normalized spacial score (nSPS) is 22.5. The van der Waals surface area contributed by atoms with Gasteiger partial charge in [0, 0.05) is 43.5 Å². The smallest absolute Gasteiger partial charge is 0.180 e. The highest BCUT2D eigenvalue weighted by atomic mass is 32.1.